The molecule has 1 N–H and O–H groups in total. The number of hydrogen-bond acceptors (Lipinski definition) is 6. The summed E-state index contributed by atoms with van der Waals surface area (Å²) in [6.45, 7) is 3.98. The number of anilines is 1. The molecule has 3 aliphatic rings. The number of aryl methyl sites for hydroxylation is 3. The average Bonchev–Trinajstić information content (AvgIpc) is 3.31. The Hall–Kier alpha value is -2.31. The van der Waals surface area contributed by atoms with Gasteiger partial charge in [-0.05, 0) is 92.0 Å². The highest BCUT2D eigenvalue weighted by atomic mass is 32.2. The van der Waals surface area contributed by atoms with Gasteiger partial charge in [-0.2, -0.15) is 17.3 Å². The zero-order valence-electron chi connectivity index (χ0n) is 23.3. The number of sulfonamides is 1. The molecule has 1 aromatic heterocycles. The van der Waals surface area contributed by atoms with Gasteiger partial charge in [-0.15, -0.1) is 0 Å². The Kier molecular flexibility index (Phi) is 8.26. The summed E-state index contributed by atoms with van der Waals surface area (Å²) in [6, 6.07) is 9.97. The van der Waals surface area contributed by atoms with Crippen LogP contribution in [-0.4, -0.2) is 57.6 Å². The van der Waals surface area contributed by atoms with Crippen LogP contribution in [0.5, 0.6) is 0 Å². The van der Waals surface area contributed by atoms with Crippen LogP contribution in [0.3, 0.4) is 0 Å². The van der Waals surface area contributed by atoms with E-state index in [0.717, 1.165) is 60.4 Å². The van der Waals surface area contributed by atoms with Crippen LogP contribution in [0, 0.1) is 0 Å². The summed E-state index contributed by atoms with van der Waals surface area (Å²) in [5.41, 5.74) is 6.39. The van der Waals surface area contributed by atoms with E-state index in [2.05, 4.69) is 33.8 Å². The van der Waals surface area contributed by atoms with Gasteiger partial charge in [-0.25, -0.2) is 8.42 Å². The fraction of sp³-hybridized carbons (Fsp3) is 0.500. The lowest BCUT2D eigenvalue weighted by molar-refractivity contribution is -0.669. The van der Waals surface area contributed by atoms with Crippen molar-refractivity contribution in [1.82, 2.24) is 4.31 Å². The first kappa shape index (κ1) is 28.8. The number of thiazole rings is 1. The minimum atomic E-state index is -4.01. The van der Waals surface area contributed by atoms with E-state index in [1.165, 1.54) is 35.2 Å². The molecule has 1 fully saturated rings. The summed E-state index contributed by atoms with van der Waals surface area (Å²) in [5.74, 6) is -0.270. The van der Waals surface area contributed by atoms with E-state index in [1.807, 2.05) is 6.07 Å². The van der Waals surface area contributed by atoms with Crippen molar-refractivity contribution < 1.29 is 26.0 Å². The molecule has 4 heterocycles. The summed E-state index contributed by atoms with van der Waals surface area (Å²) < 4.78 is 63.0. The molecule has 0 bridgehead atoms. The Bertz CT molecular complexity index is 1660. The van der Waals surface area contributed by atoms with Gasteiger partial charge in [0.15, 0.2) is 6.54 Å². The van der Waals surface area contributed by atoms with E-state index < -0.39 is 20.1 Å². The van der Waals surface area contributed by atoms with E-state index in [0.29, 0.717) is 37.4 Å². The van der Waals surface area contributed by atoms with Crippen LogP contribution in [0.2, 0.25) is 0 Å². The quantitative estimate of drug-likeness (QED) is 0.209. The number of nitrogens with zero attached hydrogens (tertiary/aromatic N) is 3. The predicted octanol–water partition coefficient (Wildman–Crippen LogP) is 4.90. The Morgan fingerprint density at radius 2 is 1.56 bits per heavy atom. The molecule has 0 spiro atoms. The van der Waals surface area contributed by atoms with E-state index >= 15 is 0 Å². The maximum Gasteiger partial charge on any atom is 0.264 e. The number of aromatic nitrogens is 1. The van der Waals surface area contributed by atoms with Crippen molar-refractivity contribution in [3.63, 3.8) is 0 Å². The number of rotatable bonds is 9. The lowest BCUT2D eigenvalue weighted by Gasteiger charge is -2.37. The topological polar surface area (TPSA) is 98.9 Å². The van der Waals surface area contributed by atoms with Crippen LogP contribution in [0.25, 0.3) is 22.4 Å². The van der Waals surface area contributed by atoms with Crippen LogP contribution < -0.4 is 9.47 Å². The van der Waals surface area contributed by atoms with Crippen molar-refractivity contribution in [2.45, 2.75) is 69.2 Å². The van der Waals surface area contributed by atoms with Crippen molar-refractivity contribution in [2.24, 2.45) is 0 Å². The summed E-state index contributed by atoms with van der Waals surface area (Å²) in [5, 5.41) is 0.979. The SMILES string of the molecule is O=S(=O)(O)CCCC[n+]1c(/C=C/c2cc3c4c(c2)CCCN4CCC3)sc2cc(S(=O)(=O)N3CCCCC3)ccc21. The lowest BCUT2D eigenvalue weighted by Crippen LogP contribution is -2.36. The molecule has 0 amide bonds. The molecule has 1 saturated heterocycles. The van der Waals surface area contributed by atoms with Crippen LogP contribution in [0.15, 0.2) is 35.2 Å². The number of unbranched alkanes of at least 4 members (excludes halogenated alkanes) is 1. The van der Waals surface area contributed by atoms with Crippen molar-refractivity contribution in [1.29, 1.82) is 0 Å². The fourth-order valence-electron chi connectivity index (χ4n) is 6.50. The summed E-state index contributed by atoms with van der Waals surface area (Å²) in [4.78, 5) is 2.85. The lowest BCUT2D eigenvalue weighted by atomic mass is 9.90. The highest BCUT2D eigenvalue weighted by molar-refractivity contribution is 7.89. The molecule has 0 atom stereocenters. The zero-order valence-corrected chi connectivity index (χ0v) is 25.7. The van der Waals surface area contributed by atoms with Crippen LogP contribution in [0.1, 0.15) is 66.6 Å². The Labute approximate surface area is 247 Å². The molecule has 2 aromatic carbocycles. The van der Waals surface area contributed by atoms with Gasteiger partial charge in [0.2, 0.25) is 15.5 Å². The third-order valence-electron chi connectivity index (χ3n) is 8.46. The van der Waals surface area contributed by atoms with Gasteiger partial charge in [-0.1, -0.05) is 17.8 Å². The summed E-state index contributed by atoms with van der Waals surface area (Å²) in [6.07, 6.45) is 12.6. The highest BCUT2D eigenvalue weighted by Gasteiger charge is 2.28. The van der Waals surface area contributed by atoms with E-state index in [4.69, 9.17) is 4.55 Å². The van der Waals surface area contributed by atoms with Crippen LogP contribution in [0.4, 0.5) is 5.69 Å². The van der Waals surface area contributed by atoms with E-state index in [9.17, 15) is 16.8 Å². The van der Waals surface area contributed by atoms with Crippen molar-refractivity contribution in [3.05, 3.63) is 52.0 Å². The average molecular weight is 617 g/mol. The van der Waals surface area contributed by atoms with Gasteiger partial charge in [0, 0.05) is 50.4 Å². The second-order valence-corrected chi connectivity index (χ2v) is 16.0. The van der Waals surface area contributed by atoms with Gasteiger partial charge in [0.25, 0.3) is 15.1 Å². The largest absolute Gasteiger partial charge is 0.371 e. The molecule has 0 aliphatic carbocycles. The highest BCUT2D eigenvalue weighted by Crippen LogP contribution is 2.36. The van der Waals surface area contributed by atoms with Gasteiger partial charge in [-0.3, -0.25) is 4.55 Å². The first-order valence-electron chi connectivity index (χ1n) is 14.7. The molecule has 3 aliphatic heterocycles. The number of benzene rings is 2. The molecule has 0 radical (unpaired) electrons. The van der Waals surface area contributed by atoms with Crippen molar-refractivity contribution >= 4 is 59.5 Å². The molecular formula is C30H38N3O5S3+. The normalized spacial score (nSPS) is 18.3. The fourth-order valence-corrected chi connectivity index (χ4v) is 9.82. The van der Waals surface area contributed by atoms with Crippen LogP contribution in [-0.2, 0) is 39.5 Å². The predicted molar refractivity (Wildman–Crippen MR) is 165 cm³/mol. The number of hydrogen-bond donors (Lipinski definition) is 1. The van der Waals surface area contributed by atoms with Gasteiger partial charge in [0.1, 0.15) is 4.70 Å². The van der Waals surface area contributed by atoms with Crippen LogP contribution >= 0.6 is 11.3 Å². The molecular weight excluding hydrogens is 579 g/mol. The molecule has 8 nitrogen and oxygen atoms in total. The minimum absolute atomic E-state index is 0.270. The Morgan fingerprint density at radius 1 is 0.854 bits per heavy atom. The van der Waals surface area contributed by atoms with Gasteiger partial charge >= 0.3 is 0 Å². The molecule has 41 heavy (non-hydrogen) atoms. The monoisotopic (exact) mass is 616 g/mol. The Balaban J connectivity index is 1.33. The number of piperidine rings is 1. The van der Waals surface area contributed by atoms with Crippen molar-refractivity contribution in [2.75, 3.05) is 36.8 Å². The maximum absolute atomic E-state index is 13.4. The van der Waals surface area contributed by atoms with Gasteiger partial charge < -0.3 is 4.90 Å². The summed E-state index contributed by atoms with van der Waals surface area (Å²) >= 11 is 1.55. The third kappa shape index (κ3) is 6.24. The number of fused-ring (bicyclic) bond motifs is 1. The molecule has 220 valence electrons. The molecule has 0 unspecified atom stereocenters. The smallest absolute Gasteiger partial charge is 0.264 e. The minimum Gasteiger partial charge on any atom is -0.371 e. The first-order chi connectivity index (χ1) is 19.7. The second kappa shape index (κ2) is 11.8. The van der Waals surface area contributed by atoms with Gasteiger partial charge in [0.05, 0.1) is 10.6 Å². The van der Waals surface area contributed by atoms with Crippen molar-refractivity contribution in [3.8, 4) is 0 Å². The molecule has 3 aromatic rings. The molecule has 11 heteroatoms. The van der Waals surface area contributed by atoms with E-state index in [1.54, 1.807) is 27.8 Å². The molecule has 6 rings (SSSR count). The maximum atomic E-state index is 13.4. The molecule has 0 saturated carbocycles. The van der Waals surface area contributed by atoms with E-state index in [-0.39, 0.29) is 5.75 Å². The zero-order chi connectivity index (χ0) is 28.6. The Morgan fingerprint density at radius 3 is 2.24 bits per heavy atom. The summed E-state index contributed by atoms with van der Waals surface area (Å²) in [7, 11) is -7.56. The first-order valence-corrected chi connectivity index (χ1v) is 18.6. The third-order valence-corrected chi connectivity index (χ3v) is 12.3. The second-order valence-electron chi connectivity index (χ2n) is 11.4. The standard InChI is InChI=1S/C30H37N3O5S3/c34-40(35,36)19-5-4-18-33-27-12-11-26(41(37,38)32-16-2-1-3-17-32)22-28(27)39-29(33)13-10-23-20-24-8-6-14-31-15-7-9-25(21-23)30(24)31/h10-13,20-22H,1-9,14-19H2/p+1.